The zero-order chi connectivity index (χ0) is 13.1. The minimum absolute atomic E-state index is 0.125. The van der Waals surface area contributed by atoms with Crippen molar-refractivity contribution in [3.63, 3.8) is 0 Å². The molecular weight excluding hydrogens is 256 g/mol. The molecule has 1 aromatic carbocycles. The first kappa shape index (κ1) is 12.3. The van der Waals surface area contributed by atoms with E-state index in [1.165, 1.54) is 6.20 Å². The Labute approximate surface area is 107 Å². The highest BCUT2D eigenvalue weighted by Crippen LogP contribution is 2.16. The lowest BCUT2D eigenvalue weighted by atomic mass is 10.2. The summed E-state index contributed by atoms with van der Waals surface area (Å²) in [6.45, 7) is 0. The number of aromatic amines is 1. The van der Waals surface area contributed by atoms with E-state index in [0.717, 1.165) is 0 Å². The van der Waals surface area contributed by atoms with Gasteiger partial charge in [-0.3, -0.25) is 9.59 Å². The van der Waals surface area contributed by atoms with E-state index in [1.807, 2.05) is 0 Å². The minimum Gasteiger partial charge on any atom is -0.481 e. The number of aliphatic carboxylic acids is 1. The molecule has 0 radical (unpaired) electrons. The number of halogens is 1. The van der Waals surface area contributed by atoms with Crippen LogP contribution in [-0.2, 0) is 11.2 Å². The molecule has 0 spiro atoms. The lowest BCUT2D eigenvalue weighted by Crippen LogP contribution is -2.17. The van der Waals surface area contributed by atoms with Crippen LogP contribution in [0.1, 0.15) is 5.56 Å². The Balaban J connectivity index is 2.37. The van der Waals surface area contributed by atoms with Crippen LogP contribution in [0, 0.1) is 0 Å². The van der Waals surface area contributed by atoms with Gasteiger partial charge in [-0.05, 0) is 24.3 Å². The summed E-state index contributed by atoms with van der Waals surface area (Å²) in [7, 11) is 0. The van der Waals surface area contributed by atoms with Crippen LogP contribution in [0.15, 0.2) is 35.3 Å². The van der Waals surface area contributed by atoms with Gasteiger partial charge in [-0.2, -0.15) is 0 Å². The number of H-pyrrole nitrogens is 1. The first-order valence-electron chi connectivity index (χ1n) is 5.12. The number of hydrogen-bond acceptors (Lipinski definition) is 3. The standard InChI is InChI=1S/C12H9ClN2O3/c13-9-3-1-7(2-4-9)11-14-6-8(5-10(16)17)12(18)15-11/h1-4,6H,5H2,(H,16,17)(H,14,15,18). The molecule has 0 atom stereocenters. The third kappa shape index (κ3) is 2.75. The number of hydrogen-bond donors (Lipinski definition) is 2. The molecule has 0 fully saturated rings. The molecule has 6 heteroatoms. The third-order valence-corrected chi connectivity index (χ3v) is 2.58. The van der Waals surface area contributed by atoms with E-state index in [1.54, 1.807) is 24.3 Å². The molecule has 18 heavy (non-hydrogen) atoms. The Bertz CT molecular complexity index is 635. The molecule has 2 rings (SSSR count). The molecule has 1 heterocycles. The minimum atomic E-state index is -1.07. The molecule has 0 amide bonds. The monoisotopic (exact) mass is 264 g/mol. The maximum Gasteiger partial charge on any atom is 0.308 e. The van der Waals surface area contributed by atoms with E-state index in [0.29, 0.717) is 16.4 Å². The summed E-state index contributed by atoms with van der Waals surface area (Å²) in [5, 5.41) is 9.20. The van der Waals surface area contributed by atoms with Gasteiger partial charge in [0.25, 0.3) is 5.56 Å². The van der Waals surface area contributed by atoms with E-state index in [9.17, 15) is 9.59 Å². The maximum atomic E-state index is 11.6. The normalized spacial score (nSPS) is 10.3. The fraction of sp³-hybridized carbons (Fsp3) is 0.0833. The largest absolute Gasteiger partial charge is 0.481 e. The maximum absolute atomic E-state index is 11.6. The predicted octanol–water partition coefficient (Wildman–Crippen LogP) is 1.72. The number of carbonyl (C=O) groups is 1. The molecule has 0 saturated heterocycles. The van der Waals surface area contributed by atoms with Gasteiger partial charge >= 0.3 is 5.97 Å². The molecule has 0 saturated carbocycles. The summed E-state index contributed by atoms with van der Waals surface area (Å²) in [4.78, 5) is 28.7. The lowest BCUT2D eigenvalue weighted by Gasteiger charge is -2.02. The molecule has 2 N–H and O–H groups in total. The van der Waals surface area contributed by atoms with Crippen molar-refractivity contribution >= 4 is 17.6 Å². The van der Waals surface area contributed by atoms with Crippen LogP contribution in [0.5, 0.6) is 0 Å². The van der Waals surface area contributed by atoms with Crippen molar-refractivity contribution in [3.8, 4) is 11.4 Å². The Kier molecular flexibility index (Phi) is 3.43. The molecule has 0 unspecified atom stereocenters. The Hall–Kier alpha value is -2.14. The summed E-state index contributed by atoms with van der Waals surface area (Å²) in [5.74, 6) is -0.688. The van der Waals surface area contributed by atoms with Crippen molar-refractivity contribution in [1.82, 2.24) is 9.97 Å². The predicted molar refractivity (Wildman–Crippen MR) is 66.6 cm³/mol. The topological polar surface area (TPSA) is 83.0 Å². The Morgan fingerprint density at radius 2 is 2.00 bits per heavy atom. The van der Waals surface area contributed by atoms with Gasteiger partial charge in [-0.1, -0.05) is 11.6 Å². The van der Waals surface area contributed by atoms with Crippen molar-refractivity contribution in [2.45, 2.75) is 6.42 Å². The lowest BCUT2D eigenvalue weighted by molar-refractivity contribution is -0.136. The highest BCUT2D eigenvalue weighted by atomic mass is 35.5. The fourth-order valence-corrected chi connectivity index (χ4v) is 1.59. The molecule has 0 aliphatic rings. The molecule has 92 valence electrons. The van der Waals surface area contributed by atoms with Gasteiger partial charge in [0.1, 0.15) is 5.82 Å². The molecule has 5 nitrogen and oxygen atoms in total. The number of aromatic nitrogens is 2. The van der Waals surface area contributed by atoms with Crippen LogP contribution in [0.3, 0.4) is 0 Å². The zero-order valence-electron chi connectivity index (χ0n) is 9.18. The number of carboxylic acid groups (broad SMARTS) is 1. The summed E-state index contributed by atoms with van der Waals surface area (Å²) in [6.07, 6.45) is 0.931. The molecule has 2 aromatic rings. The van der Waals surface area contributed by atoms with Gasteiger partial charge in [-0.25, -0.2) is 4.98 Å². The van der Waals surface area contributed by atoms with Crippen LogP contribution in [0.25, 0.3) is 11.4 Å². The number of nitrogens with zero attached hydrogens (tertiary/aromatic N) is 1. The van der Waals surface area contributed by atoms with Gasteiger partial charge in [-0.15, -0.1) is 0 Å². The second kappa shape index (κ2) is 5.01. The van der Waals surface area contributed by atoms with Crippen LogP contribution in [0.4, 0.5) is 0 Å². The van der Waals surface area contributed by atoms with Gasteiger partial charge in [0.15, 0.2) is 0 Å². The van der Waals surface area contributed by atoms with Crippen molar-refractivity contribution in [1.29, 1.82) is 0 Å². The average molecular weight is 265 g/mol. The first-order chi connectivity index (χ1) is 8.56. The summed E-state index contributed by atoms with van der Waals surface area (Å²) in [5.41, 5.74) is 0.385. The number of benzene rings is 1. The van der Waals surface area contributed by atoms with Gasteiger partial charge < -0.3 is 10.1 Å². The van der Waals surface area contributed by atoms with Crippen LogP contribution < -0.4 is 5.56 Å². The highest BCUT2D eigenvalue weighted by molar-refractivity contribution is 6.30. The highest BCUT2D eigenvalue weighted by Gasteiger charge is 2.08. The van der Waals surface area contributed by atoms with E-state index >= 15 is 0 Å². The second-order valence-corrected chi connectivity index (χ2v) is 4.10. The fourth-order valence-electron chi connectivity index (χ4n) is 1.46. The Morgan fingerprint density at radius 3 is 2.56 bits per heavy atom. The summed E-state index contributed by atoms with van der Waals surface area (Å²) >= 11 is 5.76. The Morgan fingerprint density at radius 1 is 1.33 bits per heavy atom. The van der Waals surface area contributed by atoms with E-state index in [2.05, 4.69) is 9.97 Å². The quantitative estimate of drug-likeness (QED) is 0.884. The van der Waals surface area contributed by atoms with Crippen molar-refractivity contribution in [3.05, 3.63) is 51.4 Å². The number of carboxylic acids is 1. The third-order valence-electron chi connectivity index (χ3n) is 2.33. The van der Waals surface area contributed by atoms with Gasteiger partial charge in [0, 0.05) is 22.3 Å². The molecule has 0 bridgehead atoms. The van der Waals surface area contributed by atoms with Crippen LogP contribution >= 0.6 is 11.6 Å². The van der Waals surface area contributed by atoms with E-state index < -0.39 is 11.5 Å². The second-order valence-electron chi connectivity index (χ2n) is 3.66. The molecule has 1 aromatic heterocycles. The smallest absolute Gasteiger partial charge is 0.308 e. The number of rotatable bonds is 3. The van der Waals surface area contributed by atoms with Gasteiger partial charge in [0.2, 0.25) is 0 Å². The van der Waals surface area contributed by atoms with E-state index in [4.69, 9.17) is 16.7 Å². The zero-order valence-corrected chi connectivity index (χ0v) is 9.94. The number of nitrogens with one attached hydrogen (secondary N) is 1. The first-order valence-corrected chi connectivity index (χ1v) is 5.50. The average Bonchev–Trinajstić information content (AvgIpc) is 2.32. The van der Waals surface area contributed by atoms with Crippen LogP contribution in [-0.4, -0.2) is 21.0 Å². The summed E-state index contributed by atoms with van der Waals surface area (Å²) in [6, 6.07) is 6.80. The summed E-state index contributed by atoms with van der Waals surface area (Å²) < 4.78 is 0. The van der Waals surface area contributed by atoms with Crippen molar-refractivity contribution in [2.24, 2.45) is 0 Å². The SMILES string of the molecule is O=C(O)Cc1cnc(-c2ccc(Cl)cc2)[nH]c1=O. The van der Waals surface area contributed by atoms with Crippen molar-refractivity contribution < 1.29 is 9.90 Å². The molecule has 0 aliphatic heterocycles. The molecule has 0 aliphatic carbocycles. The molecular formula is C12H9ClN2O3. The van der Waals surface area contributed by atoms with E-state index in [-0.39, 0.29) is 12.0 Å². The van der Waals surface area contributed by atoms with Gasteiger partial charge in [0.05, 0.1) is 6.42 Å². The van der Waals surface area contributed by atoms with Crippen molar-refractivity contribution in [2.75, 3.05) is 0 Å². The van der Waals surface area contributed by atoms with Crippen LogP contribution in [0.2, 0.25) is 5.02 Å².